The Morgan fingerprint density at radius 3 is 2.64 bits per heavy atom. The van der Waals surface area contributed by atoms with Crippen molar-refractivity contribution in [2.45, 2.75) is 19.4 Å². The number of nitrogens with one attached hydrogen (secondary N) is 1. The molecule has 0 fully saturated rings. The topological polar surface area (TPSA) is 91.6 Å². The fourth-order valence-electron chi connectivity index (χ4n) is 2.91. The van der Waals surface area contributed by atoms with E-state index in [0.29, 0.717) is 24.7 Å². The molecular weight excluding hydrogens is 362 g/mol. The summed E-state index contributed by atoms with van der Waals surface area (Å²) < 4.78 is 13.6. The second kappa shape index (κ2) is 8.16. The quantitative estimate of drug-likeness (QED) is 0.797. The highest BCUT2D eigenvalue weighted by Crippen LogP contribution is 2.32. The van der Waals surface area contributed by atoms with Crippen molar-refractivity contribution in [1.29, 1.82) is 0 Å². The molecule has 1 aliphatic heterocycles. The summed E-state index contributed by atoms with van der Waals surface area (Å²) in [6.45, 7) is 3.07. The number of hydrogen-bond acceptors (Lipinski definition) is 5. The first-order chi connectivity index (χ1) is 13.4. The largest absolute Gasteiger partial charge is 0.490 e. The van der Waals surface area contributed by atoms with Gasteiger partial charge in [0, 0.05) is 32.8 Å². The molecule has 0 saturated heterocycles. The zero-order chi connectivity index (χ0) is 20.3. The number of aromatic nitrogens is 2. The van der Waals surface area contributed by atoms with E-state index < -0.39 is 11.2 Å². The average Bonchev–Trinajstić information content (AvgIpc) is 2.92. The summed E-state index contributed by atoms with van der Waals surface area (Å²) in [6.07, 6.45) is 4.91. The van der Waals surface area contributed by atoms with Crippen LogP contribution >= 0.6 is 0 Å². The van der Waals surface area contributed by atoms with Gasteiger partial charge in [-0.25, -0.2) is 4.79 Å². The van der Waals surface area contributed by atoms with E-state index in [1.807, 2.05) is 25.1 Å². The van der Waals surface area contributed by atoms with Crippen LogP contribution in [0.3, 0.4) is 0 Å². The van der Waals surface area contributed by atoms with E-state index in [9.17, 15) is 14.4 Å². The number of carbonyl (C=O) groups excluding carboxylic acids is 1. The van der Waals surface area contributed by atoms with Crippen LogP contribution in [0.4, 0.5) is 0 Å². The van der Waals surface area contributed by atoms with Crippen molar-refractivity contribution in [2.24, 2.45) is 14.1 Å². The molecule has 0 aliphatic carbocycles. The van der Waals surface area contributed by atoms with Crippen molar-refractivity contribution in [3.05, 3.63) is 62.4 Å². The van der Waals surface area contributed by atoms with Crippen LogP contribution in [-0.2, 0) is 18.9 Å². The van der Waals surface area contributed by atoms with E-state index in [4.69, 9.17) is 9.47 Å². The van der Waals surface area contributed by atoms with Gasteiger partial charge in [0.2, 0.25) is 5.91 Å². The Labute approximate surface area is 162 Å². The van der Waals surface area contributed by atoms with Crippen LogP contribution in [0, 0.1) is 0 Å². The molecule has 1 aliphatic rings. The number of rotatable bonds is 4. The normalized spacial score (nSPS) is 14.5. The molecule has 8 heteroatoms. The molecule has 1 N–H and O–H groups in total. The van der Waals surface area contributed by atoms with Gasteiger partial charge in [-0.1, -0.05) is 6.07 Å². The van der Waals surface area contributed by atoms with Gasteiger partial charge in [0.15, 0.2) is 11.5 Å². The fourth-order valence-corrected chi connectivity index (χ4v) is 2.91. The van der Waals surface area contributed by atoms with Crippen molar-refractivity contribution in [3.63, 3.8) is 0 Å². The van der Waals surface area contributed by atoms with E-state index in [0.717, 1.165) is 16.6 Å². The molecule has 1 aromatic carbocycles. The average molecular weight is 385 g/mol. The maximum atomic E-state index is 12.3. The minimum absolute atomic E-state index is 0.253. The van der Waals surface area contributed by atoms with E-state index in [2.05, 4.69) is 5.32 Å². The van der Waals surface area contributed by atoms with Gasteiger partial charge in [-0.05, 0) is 30.7 Å². The first kappa shape index (κ1) is 19.5. The number of aryl methyl sites for hydroxylation is 1. The first-order valence-electron chi connectivity index (χ1n) is 9.01. The highest BCUT2D eigenvalue weighted by atomic mass is 16.5. The van der Waals surface area contributed by atoms with Crippen molar-refractivity contribution in [1.82, 2.24) is 14.5 Å². The number of ether oxygens (including phenoxy) is 2. The number of fused-ring (bicyclic) bond motifs is 1. The third-order valence-corrected chi connectivity index (χ3v) is 4.52. The van der Waals surface area contributed by atoms with Crippen LogP contribution in [0.2, 0.25) is 0 Å². The lowest BCUT2D eigenvalue weighted by atomic mass is 10.1. The molecule has 3 rings (SSSR count). The van der Waals surface area contributed by atoms with E-state index in [-0.39, 0.29) is 17.5 Å². The first-order valence-corrected chi connectivity index (χ1v) is 9.01. The minimum Gasteiger partial charge on any atom is -0.490 e. The van der Waals surface area contributed by atoms with Crippen LogP contribution in [0.25, 0.3) is 6.08 Å². The highest BCUT2D eigenvalue weighted by Gasteiger charge is 2.14. The standard InChI is InChI=1S/C20H23N3O5/c1-13(14-5-7-16-17(11-14)28-10-4-9-27-16)21-18(24)8-6-15-12-22(2)20(26)23(3)19(15)25/h5-8,11-13H,4,9-10H2,1-3H3,(H,21,24)/b8-6+. The lowest BCUT2D eigenvalue weighted by Crippen LogP contribution is -2.37. The van der Waals surface area contributed by atoms with Gasteiger partial charge >= 0.3 is 5.69 Å². The molecule has 8 nitrogen and oxygen atoms in total. The van der Waals surface area contributed by atoms with Gasteiger partial charge in [0.05, 0.1) is 24.8 Å². The molecule has 0 saturated carbocycles. The summed E-state index contributed by atoms with van der Waals surface area (Å²) in [6, 6.07) is 5.31. The smallest absolute Gasteiger partial charge is 0.330 e. The van der Waals surface area contributed by atoms with Crippen molar-refractivity contribution < 1.29 is 14.3 Å². The highest BCUT2D eigenvalue weighted by molar-refractivity contribution is 5.91. The van der Waals surface area contributed by atoms with Gasteiger partial charge in [-0.2, -0.15) is 0 Å². The molecule has 1 aromatic heterocycles. The summed E-state index contributed by atoms with van der Waals surface area (Å²) in [7, 11) is 2.94. The predicted octanol–water partition coefficient (Wildman–Crippen LogP) is 1.14. The molecule has 1 unspecified atom stereocenters. The molecule has 0 bridgehead atoms. The molecule has 2 aromatic rings. The second-order valence-electron chi connectivity index (χ2n) is 6.66. The summed E-state index contributed by atoms with van der Waals surface area (Å²) in [5.74, 6) is 1.01. The second-order valence-corrected chi connectivity index (χ2v) is 6.66. The molecule has 28 heavy (non-hydrogen) atoms. The number of hydrogen-bond donors (Lipinski definition) is 1. The Morgan fingerprint density at radius 1 is 1.18 bits per heavy atom. The number of carbonyl (C=O) groups is 1. The minimum atomic E-state index is -0.455. The van der Waals surface area contributed by atoms with Crippen molar-refractivity contribution in [3.8, 4) is 11.5 Å². The van der Waals surface area contributed by atoms with Crippen LogP contribution in [0.5, 0.6) is 11.5 Å². The van der Waals surface area contributed by atoms with E-state index >= 15 is 0 Å². The Bertz CT molecular complexity index is 1040. The van der Waals surface area contributed by atoms with Crippen molar-refractivity contribution >= 4 is 12.0 Å². The Morgan fingerprint density at radius 2 is 1.89 bits per heavy atom. The number of nitrogens with zero attached hydrogens (tertiary/aromatic N) is 2. The van der Waals surface area contributed by atoms with Crippen LogP contribution in [0.1, 0.15) is 30.5 Å². The lowest BCUT2D eigenvalue weighted by Gasteiger charge is -2.15. The summed E-state index contributed by atoms with van der Waals surface area (Å²) in [4.78, 5) is 36.1. The molecule has 1 amide bonds. The zero-order valence-electron chi connectivity index (χ0n) is 16.1. The molecule has 0 spiro atoms. The van der Waals surface area contributed by atoms with Crippen LogP contribution in [0.15, 0.2) is 40.1 Å². The lowest BCUT2D eigenvalue weighted by molar-refractivity contribution is -0.117. The SMILES string of the molecule is CC(NC(=O)/C=C/c1cn(C)c(=O)n(C)c1=O)c1ccc2c(c1)OCCCO2. The van der Waals surface area contributed by atoms with Gasteiger partial charge in [0.1, 0.15) is 0 Å². The molecule has 0 radical (unpaired) electrons. The molecule has 1 atom stereocenters. The molecular formula is C20H23N3O5. The van der Waals surface area contributed by atoms with Gasteiger partial charge in [0.25, 0.3) is 5.56 Å². The third-order valence-electron chi connectivity index (χ3n) is 4.52. The Balaban J connectivity index is 1.71. The fraction of sp³-hybridized carbons (Fsp3) is 0.350. The Kier molecular flexibility index (Phi) is 5.67. The Hall–Kier alpha value is -3.29. The summed E-state index contributed by atoms with van der Waals surface area (Å²) >= 11 is 0. The third kappa shape index (κ3) is 4.16. The monoisotopic (exact) mass is 385 g/mol. The predicted molar refractivity (Wildman–Crippen MR) is 105 cm³/mol. The van der Waals surface area contributed by atoms with E-state index in [1.54, 1.807) is 7.05 Å². The molecule has 148 valence electrons. The number of amides is 1. The van der Waals surface area contributed by atoms with E-state index in [1.165, 1.54) is 30.0 Å². The summed E-state index contributed by atoms with van der Waals surface area (Å²) in [5, 5.41) is 2.85. The van der Waals surface area contributed by atoms with Gasteiger partial charge in [-0.3, -0.25) is 14.2 Å². The van der Waals surface area contributed by atoms with Crippen LogP contribution in [-0.4, -0.2) is 28.3 Å². The summed E-state index contributed by atoms with van der Waals surface area (Å²) in [5.41, 5.74) is 0.254. The van der Waals surface area contributed by atoms with Gasteiger partial charge in [-0.15, -0.1) is 0 Å². The van der Waals surface area contributed by atoms with Crippen LogP contribution < -0.4 is 26.0 Å². The van der Waals surface area contributed by atoms with Gasteiger partial charge < -0.3 is 19.4 Å². The number of benzene rings is 1. The van der Waals surface area contributed by atoms with Crippen molar-refractivity contribution in [2.75, 3.05) is 13.2 Å². The zero-order valence-corrected chi connectivity index (χ0v) is 16.1. The maximum Gasteiger partial charge on any atom is 0.330 e. The maximum absolute atomic E-state index is 12.3. The molecule has 2 heterocycles.